The molecule has 0 aliphatic heterocycles. The van der Waals surface area contributed by atoms with Crippen LogP contribution in [0, 0.1) is 5.92 Å². The lowest BCUT2D eigenvalue weighted by Crippen LogP contribution is -2.39. The summed E-state index contributed by atoms with van der Waals surface area (Å²) in [5.41, 5.74) is 0. The van der Waals surface area contributed by atoms with Crippen molar-refractivity contribution in [2.75, 3.05) is 12.8 Å². The molecule has 1 aliphatic carbocycles. The van der Waals surface area contributed by atoms with Gasteiger partial charge in [0.2, 0.25) is 0 Å². The van der Waals surface area contributed by atoms with Crippen LogP contribution in [0.2, 0.25) is 5.02 Å². The highest BCUT2D eigenvalue weighted by molar-refractivity contribution is 7.99. The molecule has 0 amide bonds. The number of nitrogens with one attached hydrogen (secondary N) is 1. The zero-order valence-corrected chi connectivity index (χ0v) is 11.2. The molecule has 16 heavy (non-hydrogen) atoms. The third-order valence-electron chi connectivity index (χ3n) is 3.34. The van der Waals surface area contributed by atoms with E-state index in [0.717, 1.165) is 16.7 Å². The summed E-state index contributed by atoms with van der Waals surface area (Å²) in [4.78, 5) is 1.20. The van der Waals surface area contributed by atoms with Crippen molar-refractivity contribution in [2.24, 2.45) is 5.92 Å². The maximum absolute atomic E-state index is 6.14. The summed E-state index contributed by atoms with van der Waals surface area (Å²) in [7, 11) is 2.07. The van der Waals surface area contributed by atoms with Crippen LogP contribution in [0.25, 0.3) is 0 Å². The Hall–Kier alpha value is -0.180. The molecule has 1 aliphatic rings. The van der Waals surface area contributed by atoms with E-state index in [-0.39, 0.29) is 0 Å². The molecule has 1 atom stereocenters. The summed E-state index contributed by atoms with van der Waals surface area (Å²) in [6.45, 7) is 0. The average Bonchev–Trinajstić information content (AvgIpc) is 2.23. The fraction of sp³-hybridized carbons (Fsp3) is 0.538. The number of halogens is 1. The van der Waals surface area contributed by atoms with Crippen molar-refractivity contribution in [3.63, 3.8) is 0 Å². The van der Waals surface area contributed by atoms with Crippen LogP contribution in [0.1, 0.15) is 19.3 Å². The van der Waals surface area contributed by atoms with Crippen LogP contribution in [0.5, 0.6) is 0 Å². The van der Waals surface area contributed by atoms with Gasteiger partial charge in [-0.2, -0.15) is 0 Å². The van der Waals surface area contributed by atoms with Crippen LogP contribution in [-0.2, 0) is 0 Å². The molecule has 1 nitrogen and oxygen atoms in total. The molecule has 1 saturated carbocycles. The van der Waals surface area contributed by atoms with E-state index in [1.165, 1.54) is 24.2 Å². The summed E-state index contributed by atoms with van der Waals surface area (Å²) < 4.78 is 0. The number of rotatable bonds is 5. The van der Waals surface area contributed by atoms with Gasteiger partial charge in [-0.3, -0.25) is 0 Å². The van der Waals surface area contributed by atoms with Crippen LogP contribution in [0.3, 0.4) is 0 Å². The molecular weight excluding hydrogens is 238 g/mol. The first-order valence-corrected chi connectivity index (χ1v) is 7.22. The van der Waals surface area contributed by atoms with Crippen LogP contribution < -0.4 is 5.32 Å². The Morgan fingerprint density at radius 3 is 2.75 bits per heavy atom. The Balaban J connectivity index is 1.88. The van der Waals surface area contributed by atoms with Crippen molar-refractivity contribution in [3.8, 4) is 0 Å². The molecule has 0 aromatic heterocycles. The summed E-state index contributed by atoms with van der Waals surface area (Å²) in [6.07, 6.45) is 4.17. The van der Waals surface area contributed by atoms with Gasteiger partial charge >= 0.3 is 0 Å². The van der Waals surface area contributed by atoms with E-state index in [9.17, 15) is 0 Å². The topological polar surface area (TPSA) is 12.0 Å². The lowest BCUT2D eigenvalue weighted by atomic mass is 9.80. The minimum absolute atomic E-state index is 0.634. The highest BCUT2D eigenvalue weighted by Gasteiger charge is 2.25. The van der Waals surface area contributed by atoms with Gasteiger partial charge in [-0.25, -0.2) is 0 Å². The number of hydrogen-bond acceptors (Lipinski definition) is 2. The molecule has 0 bridgehead atoms. The molecule has 0 radical (unpaired) electrons. The normalized spacial score (nSPS) is 18.1. The van der Waals surface area contributed by atoms with Gasteiger partial charge in [-0.15, -0.1) is 11.8 Å². The van der Waals surface area contributed by atoms with Crippen molar-refractivity contribution in [2.45, 2.75) is 30.2 Å². The fourth-order valence-corrected chi connectivity index (χ4v) is 3.52. The van der Waals surface area contributed by atoms with Crippen molar-refractivity contribution in [1.82, 2.24) is 5.32 Å². The first kappa shape index (κ1) is 12.3. The monoisotopic (exact) mass is 255 g/mol. The lowest BCUT2D eigenvalue weighted by Gasteiger charge is -2.33. The molecule has 1 fully saturated rings. The number of thioether (sulfide) groups is 1. The molecule has 0 heterocycles. The summed E-state index contributed by atoms with van der Waals surface area (Å²) in [5, 5.41) is 4.30. The van der Waals surface area contributed by atoms with Gasteiger partial charge < -0.3 is 5.32 Å². The van der Waals surface area contributed by atoms with Gasteiger partial charge in [-0.05, 0) is 37.9 Å². The third kappa shape index (κ3) is 2.93. The minimum Gasteiger partial charge on any atom is -0.316 e. The SMILES string of the molecule is CNC(CSc1ccccc1Cl)C1CCC1. The number of hydrogen-bond donors (Lipinski definition) is 1. The summed E-state index contributed by atoms with van der Waals surface area (Å²) in [5.74, 6) is 1.99. The Morgan fingerprint density at radius 2 is 2.19 bits per heavy atom. The van der Waals surface area contributed by atoms with E-state index < -0.39 is 0 Å². The molecule has 3 heteroatoms. The van der Waals surface area contributed by atoms with Gasteiger partial charge in [0.1, 0.15) is 0 Å². The third-order valence-corrected chi connectivity index (χ3v) is 4.98. The van der Waals surface area contributed by atoms with E-state index in [0.29, 0.717) is 6.04 Å². The zero-order chi connectivity index (χ0) is 11.4. The summed E-state index contributed by atoms with van der Waals surface area (Å²) >= 11 is 8.00. The van der Waals surface area contributed by atoms with Gasteiger partial charge in [0.15, 0.2) is 0 Å². The predicted molar refractivity (Wildman–Crippen MR) is 72.4 cm³/mol. The van der Waals surface area contributed by atoms with Crippen molar-refractivity contribution < 1.29 is 0 Å². The molecular formula is C13H18ClNS. The van der Waals surface area contributed by atoms with Crippen LogP contribution >= 0.6 is 23.4 Å². The maximum atomic E-state index is 6.14. The first-order chi connectivity index (χ1) is 7.81. The molecule has 1 aromatic carbocycles. The molecule has 2 rings (SSSR count). The quantitative estimate of drug-likeness (QED) is 0.803. The van der Waals surface area contributed by atoms with Crippen LogP contribution in [0.4, 0.5) is 0 Å². The van der Waals surface area contributed by atoms with E-state index in [4.69, 9.17) is 11.6 Å². The van der Waals surface area contributed by atoms with Gasteiger partial charge in [0.25, 0.3) is 0 Å². The smallest absolute Gasteiger partial charge is 0.0541 e. The highest BCUT2D eigenvalue weighted by Crippen LogP contribution is 2.33. The van der Waals surface area contributed by atoms with E-state index in [1.54, 1.807) is 0 Å². The van der Waals surface area contributed by atoms with Crippen LogP contribution in [0.15, 0.2) is 29.2 Å². The van der Waals surface area contributed by atoms with Gasteiger partial charge in [-0.1, -0.05) is 30.2 Å². The highest BCUT2D eigenvalue weighted by atomic mass is 35.5. The second-order valence-electron chi connectivity index (χ2n) is 4.33. The fourth-order valence-electron chi connectivity index (χ4n) is 2.04. The standard InChI is InChI=1S/C13H18ClNS/c1-15-12(10-5-4-6-10)9-16-13-8-3-2-7-11(13)14/h2-3,7-8,10,12,15H,4-6,9H2,1H3. The van der Waals surface area contributed by atoms with Crippen molar-refractivity contribution >= 4 is 23.4 Å². The zero-order valence-electron chi connectivity index (χ0n) is 9.58. The van der Waals surface area contributed by atoms with E-state index in [1.807, 2.05) is 30.0 Å². The van der Waals surface area contributed by atoms with Crippen LogP contribution in [-0.4, -0.2) is 18.8 Å². The van der Waals surface area contributed by atoms with Crippen molar-refractivity contribution in [3.05, 3.63) is 29.3 Å². The summed E-state index contributed by atoms with van der Waals surface area (Å²) in [6, 6.07) is 8.72. The molecule has 88 valence electrons. The number of benzene rings is 1. The van der Waals surface area contributed by atoms with Crippen molar-refractivity contribution in [1.29, 1.82) is 0 Å². The van der Waals surface area contributed by atoms with Gasteiger partial charge in [0.05, 0.1) is 5.02 Å². The van der Waals surface area contributed by atoms with Gasteiger partial charge in [0, 0.05) is 16.7 Å². The Morgan fingerprint density at radius 1 is 1.44 bits per heavy atom. The van der Waals surface area contributed by atoms with E-state index in [2.05, 4.69) is 18.4 Å². The molecule has 1 aromatic rings. The lowest BCUT2D eigenvalue weighted by molar-refractivity contribution is 0.252. The minimum atomic E-state index is 0.634. The maximum Gasteiger partial charge on any atom is 0.0541 e. The predicted octanol–water partition coefficient (Wildman–Crippen LogP) is 3.82. The molecule has 1 unspecified atom stereocenters. The second kappa shape index (κ2) is 5.95. The van der Waals surface area contributed by atoms with E-state index >= 15 is 0 Å². The Bertz CT molecular complexity index is 338. The molecule has 0 saturated heterocycles. The average molecular weight is 256 g/mol. The molecule has 0 spiro atoms. The first-order valence-electron chi connectivity index (χ1n) is 5.86. The molecule has 1 N–H and O–H groups in total. The largest absolute Gasteiger partial charge is 0.316 e. The Kier molecular flexibility index (Phi) is 4.56. The second-order valence-corrected chi connectivity index (χ2v) is 5.80. The Labute approximate surface area is 107 Å².